The van der Waals surface area contributed by atoms with E-state index in [1.165, 1.54) is 12.3 Å². The Morgan fingerprint density at radius 1 is 1.32 bits per heavy atom. The van der Waals surface area contributed by atoms with E-state index in [-0.39, 0.29) is 23.2 Å². The van der Waals surface area contributed by atoms with Gasteiger partial charge < -0.3 is 5.32 Å². The van der Waals surface area contributed by atoms with Crippen molar-refractivity contribution in [2.45, 2.75) is 38.7 Å². The van der Waals surface area contributed by atoms with Crippen molar-refractivity contribution in [1.82, 2.24) is 4.98 Å². The number of alkyl halides is 4. The van der Waals surface area contributed by atoms with E-state index in [1.807, 2.05) is 20.8 Å². The van der Waals surface area contributed by atoms with Crippen LogP contribution in [0.4, 0.5) is 19.0 Å². The summed E-state index contributed by atoms with van der Waals surface area (Å²) in [5.74, 6) is -0.172. The van der Waals surface area contributed by atoms with E-state index >= 15 is 0 Å². The molecule has 0 saturated carbocycles. The van der Waals surface area contributed by atoms with Gasteiger partial charge in [-0.2, -0.15) is 13.2 Å². The third kappa shape index (κ3) is 5.68. The van der Waals surface area contributed by atoms with Crippen LogP contribution in [-0.2, 0) is 6.18 Å². The molecule has 0 amide bonds. The summed E-state index contributed by atoms with van der Waals surface area (Å²) in [6.07, 6.45) is -2.39. The summed E-state index contributed by atoms with van der Waals surface area (Å²) in [5.41, 5.74) is -0.736. The molecule has 19 heavy (non-hydrogen) atoms. The normalized spacial score (nSPS) is 14.3. The number of halogens is 4. The highest BCUT2D eigenvalue weighted by molar-refractivity contribution is 6.20. The highest BCUT2D eigenvalue weighted by atomic mass is 35.5. The van der Waals surface area contributed by atoms with Crippen LogP contribution < -0.4 is 5.32 Å². The average Bonchev–Trinajstić information content (AvgIpc) is 2.23. The number of anilines is 1. The van der Waals surface area contributed by atoms with Crippen molar-refractivity contribution in [3.63, 3.8) is 0 Å². The van der Waals surface area contributed by atoms with E-state index in [1.54, 1.807) is 0 Å². The maximum atomic E-state index is 12.7. The molecule has 0 aliphatic heterocycles. The topological polar surface area (TPSA) is 24.9 Å². The summed E-state index contributed by atoms with van der Waals surface area (Å²) in [4.78, 5) is 3.72. The lowest BCUT2D eigenvalue weighted by molar-refractivity contribution is -0.137. The van der Waals surface area contributed by atoms with Crippen LogP contribution in [0.5, 0.6) is 0 Å². The Labute approximate surface area is 116 Å². The van der Waals surface area contributed by atoms with Gasteiger partial charge in [-0.05, 0) is 24.0 Å². The lowest BCUT2D eigenvalue weighted by Crippen LogP contribution is -2.22. The lowest BCUT2D eigenvalue weighted by Gasteiger charge is -2.22. The molecule has 0 saturated heterocycles. The first-order valence-corrected chi connectivity index (χ1v) is 6.43. The SMILES string of the molecule is CC(C)(C)CC(Cl)CNc1ncccc1C(F)(F)F. The standard InChI is InChI=1S/C13H18ClF3N2/c1-12(2,3)7-9(14)8-19-11-10(13(15,16)17)5-4-6-18-11/h4-6,9H,7-8H2,1-3H3,(H,18,19). The zero-order chi connectivity index (χ0) is 14.7. The Bertz CT molecular complexity index is 413. The zero-order valence-corrected chi connectivity index (χ0v) is 11.9. The summed E-state index contributed by atoms with van der Waals surface area (Å²) < 4.78 is 38.2. The van der Waals surface area contributed by atoms with Gasteiger partial charge in [-0.1, -0.05) is 20.8 Å². The summed E-state index contributed by atoms with van der Waals surface area (Å²) in [5, 5.41) is 2.43. The molecule has 1 aromatic heterocycles. The molecule has 0 fully saturated rings. The summed E-state index contributed by atoms with van der Waals surface area (Å²) in [7, 11) is 0. The largest absolute Gasteiger partial charge is 0.419 e. The number of nitrogens with one attached hydrogen (secondary N) is 1. The molecule has 0 radical (unpaired) electrons. The van der Waals surface area contributed by atoms with Gasteiger partial charge in [0.2, 0.25) is 0 Å². The molecule has 0 bridgehead atoms. The molecule has 1 heterocycles. The van der Waals surface area contributed by atoms with Crippen LogP contribution in [0.25, 0.3) is 0 Å². The number of hydrogen-bond acceptors (Lipinski definition) is 2. The van der Waals surface area contributed by atoms with E-state index in [0.29, 0.717) is 6.42 Å². The minimum Gasteiger partial charge on any atom is -0.368 e. The quantitative estimate of drug-likeness (QED) is 0.824. The zero-order valence-electron chi connectivity index (χ0n) is 11.2. The third-order valence-corrected chi connectivity index (χ3v) is 2.75. The predicted molar refractivity (Wildman–Crippen MR) is 71.4 cm³/mol. The van der Waals surface area contributed by atoms with E-state index in [4.69, 9.17) is 11.6 Å². The molecular formula is C13H18ClF3N2. The fourth-order valence-corrected chi connectivity index (χ4v) is 2.26. The number of hydrogen-bond donors (Lipinski definition) is 1. The summed E-state index contributed by atoms with van der Waals surface area (Å²) in [6, 6.07) is 2.27. The minimum atomic E-state index is -4.41. The third-order valence-electron chi connectivity index (χ3n) is 2.44. The fraction of sp³-hybridized carbons (Fsp3) is 0.615. The lowest BCUT2D eigenvalue weighted by atomic mass is 9.90. The molecule has 0 aromatic carbocycles. The van der Waals surface area contributed by atoms with E-state index in [9.17, 15) is 13.2 Å². The van der Waals surface area contributed by atoms with Crippen molar-refractivity contribution in [3.8, 4) is 0 Å². The van der Waals surface area contributed by atoms with E-state index in [0.717, 1.165) is 6.07 Å². The highest BCUT2D eigenvalue weighted by Gasteiger charge is 2.34. The molecule has 0 spiro atoms. The van der Waals surface area contributed by atoms with Crippen LogP contribution in [0.15, 0.2) is 18.3 Å². The van der Waals surface area contributed by atoms with E-state index in [2.05, 4.69) is 10.3 Å². The van der Waals surface area contributed by atoms with Crippen molar-refractivity contribution in [2.24, 2.45) is 5.41 Å². The molecule has 2 nitrogen and oxygen atoms in total. The van der Waals surface area contributed by atoms with Crippen molar-refractivity contribution >= 4 is 17.4 Å². The van der Waals surface area contributed by atoms with Gasteiger partial charge in [0, 0.05) is 12.7 Å². The highest BCUT2D eigenvalue weighted by Crippen LogP contribution is 2.33. The van der Waals surface area contributed by atoms with Gasteiger partial charge in [0.1, 0.15) is 5.82 Å². The fourth-order valence-electron chi connectivity index (χ4n) is 1.72. The van der Waals surface area contributed by atoms with Gasteiger partial charge in [-0.15, -0.1) is 11.6 Å². The first-order valence-electron chi connectivity index (χ1n) is 6.00. The van der Waals surface area contributed by atoms with Crippen LogP contribution in [0, 0.1) is 5.41 Å². The second-order valence-corrected chi connectivity index (χ2v) is 6.26. The minimum absolute atomic E-state index is 0.0328. The van der Waals surface area contributed by atoms with Crippen molar-refractivity contribution in [1.29, 1.82) is 0 Å². The molecule has 108 valence electrons. The van der Waals surface area contributed by atoms with Gasteiger partial charge in [0.15, 0.2) is 0 Å². The molecule has 6 heteroatoms. The van der Waals surface area contributed by atoms with Gasteiger partial charge in [0.05, 0.1) is 10.9 Å². The number of nitrogens with zero attached hydrogens (tertiary/aromatic N) is 1. The van der Waals surface area contributed by atoms with Crippen molar-refractivity contribution in [2.75, 3.05) is 11.9 Å². The van der Waals surface area contributed by atoms with Crippen LogP contribution in [0.3, 0.4) is 0 Å². The molecule has 1 atom stereocenters. The van der Waals surface area contributed by atoms with Crippen LogP contribution in [-0.4, -0.2) is 16.9 Å². The monoisotopic (exact) mass is 294 g/mol. The molecule has 1 aromatic rings. The Balaban J connectivity index is 2.68. The summed E-state index contributed by atoms with van der Waals surface area (Å²) in [6.45, 7) is 6.35. The van der Waals surface area contributed by atoms with Gasteiger partial charge in [0.25, 0.3) is 0 Å². The van der Waals surface area contributed by atoms with Gasteiger partial charge in [-0.3, -0.25) is 0 Å². The molecular weight excluding hydrogens is 277 g/mol. The van der Waals surface area contributed by atoms with Gasteiger partial charge in [-0.25, -0.2) is 4.98 Å². The van der Waals surface area contributed by atoms with Crippen LogP contribution in [0.1, 0.15) is 32.8 Å². The summed E-state index contributed by atoms with van der Waals surface area (Å²) >= 11 is 6.11. The average molecular weight is 295 g/mol. The maximum Gasteiger partial charge on any atom is 0.419 e. The maximum absolute atomic E-state index is 12.7. The molecule has 1 N–H and O–H groups in total. The molecule has 0 aliphatic rings. The Kier molecular flexibility index (Phi) is 5.07. The van der Waals surface area contributed by atoms with Crippen LogP contribution in [0.2, 0.25) is 0 Å². The molecule has 1 rings (SSSR count). The first kappa shape index (κ1) is 16.1. The molecule has 0 aliphatic carbocycles. The number of pyridine rings is 1. The Hall–Kier alpha value is -0.970. The Morgan fingerprint density at radius 2 is 1.95 bits per heavy atom. The van der Waals surface area contributed by atoms with Crippen molar-refractivity contribution < 1.29 is 13.2 Å². The first-order chi connectivity index (χ1) is 8.59. The number of rotatable bonds is 4. The van der Waals surface area contributed by atoms with Crippen LogP contribution >= 0.6 is 11.6 Å². The predicted octanol–water partition coefficient (Wildman–Crippen LogP) is 4.56. The van der Waals surface area contributed by atoms with Crippen molar-refractivity contribution in [3.05, 3.63) is 23.9 Å². The second-order valence-electron chi connectivity index (χ2n) is 5.64. The van der Waals surface area contributed by atoms with E-state index < -0.39 is 11.7 Å². The Morgan fingerprint density at radius 3 is 2.47 bits per heavy atom. The smallest absolute Gasteiger partial charge is 0.368 e. The molecule has 1 unspecified atom stereocenters. The second kappa shape index (κ2) is 5.99. The van der Waals surface area contributed by atoms with Gasteiger partial charge >= 0.3 is 6.18 Å². The number of aromatic nitrogens is 1.